The Balaban J connectivity index is -0.000000149. The van der Waals surface area contributed by atoms with E-state index in [0.717, 1.165) is 0 Å². The van der Waals surface area contributed by atoms with Gasteiger partial charge in [-0.05, 0) is 0 Å². The third kappa shape index (κ3) is 23.0. The minimum atomic E-state index is 0. The van der Waals surface area contributed by atoms with Crippen molar-refractivity contribution in [2.24, 2.45) is 0 Å². The molecule has 0 aliphatic carbocycles. The molecule has 0 nitrogen and oxygen atoms in total. The third-order valence-electron chi connectivity index (χ3n) is 1.21. The minimum absolute atomic E-state index is 0. The van der Waals surface area contributed by atoms with Gasteiger partial charge >= 0.3 is 0 Å². The maximum absolute atomic E-state index is 2.25. The summed E-state index contributed by atoms with van der Waals surface area (Å²) in [5.74, 6) is 0. The maximum Gasteiger partial charge on any atom is 0 e. The zero-order valence-corrected chi connectivity index (χ0v) is 11.0. The van der Waals surface area contributed by atoms with Crippen molar-refractivity contribution in [2.75, 3.05) is 0 Å². The molecule has 0 spiro atoms. The fourth-order valence-corrected chi connectivity index (χ4v) is 0.677. The summed E-state index contributed by atoms with van der Waals surface area (Å²) in [6.45, 7) is 8.49. The topological polar surface area (TPSA) is 0 Å². The van der Waals surface area contributed by atoms with E-state index in [-0.39, 0.29) is 32.7 Å². The van der Waals surface area contributed by atoms with Crippen molar-refractivity contribution in [2.45, 2.75) is 59.8 Å². The SMILES string of the molecule is CC.CCCCCCC.[Y]. The van der Waals surface area contributed by atoms with Crippen molar-refractivity contribution in [1.82, 2.24) is 0 Å². The summed E-state index contributed by atoms with van der Waals surface area (Å²) < 4.78 is 0. The molecule has 0 atom stereocenters. The van der Waals surface area contributed by atoms with Crippen LogP contribution < -0.4 is 0 Å². The predicted molar refractivity (Wildman–Crippen MR) is 45.8 cm³/mol. The van der Waals surface area contributed by atoms with Gasteiger partial charge in [-0.15, -0.1) is 0 Å². The van der Waals surface area contributed by atoms with Crippen LogP contribution in [-0.4, -0.2) is 0 Å². The number of hydrogen-bond acceptors (Lipinski definition) is 0. The smallest absolute Gasteiger partial charge is 0 e. The van der Waals surface area contributed by atoms with E-state index < -0.39 is 0 Å². The second-order valence-electron chi connectivity index (χ2n) is 2.06. The van der Waals surface area contributed by atoms with Gasteiger partial charge in [0.25, 0.3) is 0 Å². The van der Waals surface area contributed by atoms with Crippen molar-refractivity contribution in [3.63, 3.8) is 0 Å². The summed E-state index contributed by atoms with van der Waals surface area (Å²) in [6, 6.07) is 0. The van der Waals surface area contributed by atoms with Crippen molar-refractivity contribution >= 4 is 0 Å². The Morgan fingerprint density at radius 1 is 0.700 bits per heavy atom. The summed E-state index contributed by atoms with van der Waals surface area (Å²) >= 11 is 0. The summed E-state index contributed by atoms with van der Waals surface area (Å²) in [5.41, 5.74) is 0. The molecule has 0 heterocycles. The Kier molecular flexibility index (Phi) is 38.8. The molecule has 0 aromatic carbocycles. The number of unbranched alkanes of at least 4 members (excludes halogenated alkanes) is 4. The van der Waals surface area contributed by atoms with Crippen LogP contribution in [0.4, 0.5) is 0 Å². The van der Waals surface area contributed by atoms with E-state index in [1.54, 1.807) is 0 Å². The van der Waals surface area contributed by atoms with Gasteiger partial charge in [0, 0.05) is 32.7 Å². The first kappa shape index (κ1) is 17.3. The first-order valence-corrected chi connectivity index (χ1v) is 4.41. The molecule has 0 bridgehead atoms. The average molecular weight is 219 g/mol. The zero-order chi connectivity index (χ0) is 7.54. The first-order chi connectivity index (χ1) is 4.41. The van der Waals surface area contributed by atoms with Gasteiger partial charge in [-0.3, -0.25) is 0 Å². The minimum Gasteiger partial charge on any atom is -0.0683 e. The summed E-state index contributed by atoms with van der Waals surface area (Å²) in [5, 5.41) is 0. The number of hydrogen-bond donors (Lipinski definition) is 0. The second kappa shape index (κ2) is 22.5. The van der Waals surface area contributed by atoms with Gasteiger partial charge in [-0.2, -0.15) is 0 Å². The molecule has 0 aliphatic rings. The first-order valence-electron chi connectivity index (χ1n) is 4.41. The third-order valence-corrected chi connectivity index (χ3v) is 1.21. The van der Waals surface area contributed by atoms with Crippen molar-refractivity contribution in [3.8, 4) is 0 Å². The van der Waals surface area contributed by atoms with Gasteiger partial charge < -0.3 is 0 Å². The van der Waals surface area contributed by atoms with Crippen molar-refractivity contribution in [1.29, 1.82) is 0 Å². The van der Waals surface area contributed by atoms with E-state index in [4.69, 9.17) is 0 Å². The molecule has 1 heteroatoms. The molecule has 0 aromatic rings. The Labute approximate surface area is 92.0 Å². The molecule has 0 N–H and O–H groups in total. The van der Waals surface area contributed by atoms with E-state index in [1.165, 1.54) is 32.1 Å². The molecule has 10 heavy (non-hydrogen) atoms. The normalized spacial score (nSPS) is 7.20. The van der Waals surface area contributed by atoms with Crippen LogP contribution in [0.2, 0.25) is 0 Å². The van der Waals surface area contributed by atoms with Gasteiger partial charge in [-0.1, -0.05) is 59.8 Å². The largest absolute Gasteiger partial charge is 0.0683 e. The van der Waals surface area contributed by atoms with Crippen molar-refractivity contribution in [3.05, 3.63) is 0 Å². The predicted octanol–water partition coefficient (Wildman–Crippen LogP) is 4.00. The van der Waals surface area contributed by atoms with Gasteiger partial charge in [0.2, 0.25) is 0 Å². The quantitative estimate of drug-likeness (QED) is 0.627. The summed E-state index contributed by atoms with van der Waals surface area (Å²) in [7, 11) is 0. The molecule has 0 fully saturated rings. The Bertz CT molecular complexity index is 23.9. The Morgan fingerprint density at radius 2 is 1.00 bits per heavy atom. The van der Waals surface area contributed by atoms with Crippen LogP contribution in [0.5, 0.6) is 0 Å². The van der Waals surface area contributed by atoms with Crippen molar-refractivity contribution < 1.29 is 32.7 Å². The Morgan fingerprint density at radius 3 is 1.20 bits per heavy atom. The fraction of sp³-hybridized carbons (Fsp3) is 1.00. The molecule has 1 radical (unpaired) electrons. The van der Waals surface area contributed by atoms with Crippen LogP contribution in [0.15, 0.2) is 0 Å². The molecule has 0 rings (SSSR count). The van der Waals surface area contributed by atoms with Crippen LogP contribution in [-0.2, 0) is 32.7 Å². The monoisotopic (exact) mass is 219 g/mol. The van der Waals surface area contributed by atoms with E-state index in [2.05, 4.69) is 13.8 Å². The molecule has 0 saturated heterocycles. The molecule has 0 amide bonds. The molecule has 0 aromatic heterocycles. The summed E-state index contributed by atoms with van der Waals surface area (Å²) in [6.07, 6.45) is 7.01. The number of rotatable bonds is 4. The van der Waals surface area contributed by atoms with Gasteiger partial charge in [0.15, 0.2) is 0 Å². The maximum atomic E-state index is 2.25. The van der Waals surface area contributed by atoms with Gasteiger partial charge in [-0.25, -0.2) is 0 Å². The van der Waals surface area contributed by atoms with E-state index in [1.807, 2.05) is 13.8 Å². The van der Waals surface area contributed by atoms with Gasteiger partial charge in [0.05, 0.1) is 0 Å². The van der Waals surface area contributed by atoms with Crippen LogP contribution in [0.25, 0.3) is 0 Å². The van der Waals surface area contributed by atoms with Crippen LogP contribution in [0.3, 0.4) is 0 Å². The van der Waals surface area contributed by atoms with Gasteiger partial charge in [0.1, 0.15) is 0 Å². The van der Waals surface area contributed by atoms with Crippen LogP contribution in [0.1, 0.15) is 59.8 Å². The molecule has 0 aliphatic heterocycles. The van der Waals surface area contributed by atoms with Crippen LogP contribution >= 0.6 is 0 Å². The molecular weight excluding hydrogens is 197 g/mol. The van der Waals surface area contributed by atoms with E-state index >= 15 is 0 Å². The Hall–Kier alpha value is 1.10. The zero-order valence-electron chi connectivity index (χ0n) is 8.11. The fourth-order valence-electron chi connectivity index (χ4n) is 0.677. The second-order valence-corrected chi connectivity index (χ2v) is 2.06. The van der Waals surface area contributed by atoms with E-state index in [0.29, 0.717) is 0 Å². The molecule has 61 valence electrons. The molecule has 0 saturated carbocycles. The van der Waals surface area contributed by atoms with E-state index in [9.17, 15) is 0 Å². The summed E-state index contributed by atoms with van der Waals surface area (Å²) in [4.78, 5) is 0. The van der Waals surface area contributed by atoms with Crippen LogP contribution in [0, 0.1) is 0 Å². The standard InChI is InChI=1S/C7H16.C2H6.Y/c1-3-5-7-6-4-2;1-2;/h3-7H2,1-2H3;1-2H3;. The molecular formula is C9H22Y. The molecule has 0 unspecified atom stereocenters. The average Bonchev–Trinajstić information content (AvgIpc) is 1.94.